The van der Waals surface area contributed by atoms with Crippen molar-refractivity contribution in [2.24, 2.45) is 0 Å². The molecule has 1 fully saturated rings. The maximum atomic E-state index is 13.1. The molecule has 0 aliphatic carbocycles. The molecule has 0 spiro atoms. The third-order valence-electron chi connectivity index (χ3n) is 5.11. The third-order valence-corrected chi connectivity index (χ3v) is 5.72. The predicted molar refractivity (Wildman–Crippen MR) is 122 cm³/mol. The number of nitrogens with one attached hydrogen (secondary N) is 1. The lowest BCUT2D eigenvalue weighted by atomic mass is 10.2. The largest absolute Gasteiger partial charge is 0.346 e. The van der Waals surface area contributed by atoms with Crippen LogP contribution in [0.5, 0.6) is 0 Å². The number of hydrogen-bond acceptors (Lipinski definition) is 3. The van der Waals surface area contributed by atoms with Gasteiger partial charge in [-0.25, -0.2) is 4.39 Å². The van der Waals surface area contributed by atoms with E-state index in [2.05, 4.69) is 20.2 Å². The van der Waals surface area contributed by atoms with E-state index >= 15 is 0 Å². The number of benzene rings is 2. The fourth-order valence-electron chi connectivity index (χ4n) is 3.44. The van der Waals surface area contributed by atoms with Crippen molar-refractivity contribution in [3.63, 3.8) is 0 Å². The van der Waals surface area contributed by atoms with Crippen LogP contribution in [0.2, 0.25) is 5.02 Å². The van der Waals surface area contributed by atoms with Crippen molar-refractivity contribution in [3.05, 3.63) is 82.8 Å². The molecule has 156 valence electrons. The zero-order valence-corrected chi connectivity index (χ0v) is 18.0. The van der Waals surface area contributed by atoms with Crippen LogP contribution >= 0.6 is 23.8 Å². The van der Waals surface area contributed by atoms with Gasteiger partial charge in [0.15, 0.2) is 10.9 Å². The van der Waals surface area contributed by atoms with Crippen molar-refractivity contribution in [1.82, 2.24) is 19.6 Å². The summed E-state index contributed by atoms with van der Waals surface area (Å²) in [5.74, 6) is 0.540. The summed E-state index contributed by atoms with van der Waals surface area (Å²) in [7, 11) is 0. The topological polar surface area (TPSA) is 36.3 Å². The molecule has 1 aromatic heterocycles. The van der Waals surface area contributed by atoms with Crippen molar-refractivity contribution >= 4 is 34.7 Å². The number of hydrogen-bond donors (Lipinski definition) is 1. The van der Waals surface area contributed by atoms with Gasteiger partial charge >= 0.3 is 0 Å². The molecular formula is C22H23ClFN5S. The van der Waals surface area contributed by atoms with Crippen molar-refractivity contribution in [2.75, 3.05) is 31.5 Å². The van der Waals surface area contributed by atoms with Crippen LogP contribution in [-0.2, 0) is 13.1 Å². The van der Waals surface area contributed by atoms with Crippen LogP contribution in [0.1, 0.15) is 11.1 Å². The molecular weight excluding hydrogens is 421 g/mol. The predicted octanol–water partition coefficient (Wildman–Crippen LogP) is 4.24. The van der Waals surface area contributed by atoms with Crippen LogP contribution in [0.3, 0.4) is 0 Å². The van der Waals surface area contributed by atoms with Crippen LogP contribution < -0.4 is 5.32 Å². The van der Waals surface area contributed by atoms with E-state index in [-0.39, 0.29) is 5.82 Å². The van der Waals surface area contributed by atoms with Crippen LogP contribution in [0.15, 0.2) is 60.8 Å². The zero-order valence-electron chi connectivity index (χ0n) is 16.5. The second-order valence-electron chi connectivity index (χ2n) is 7.34. The van der Waals surface area contributed by atoms with E-state index in [1.54, 1.807) is 0 Å². The summed E-state index contributed by atoms with van der Waals surface area (Å²) in [6, 6.07) is 16.4. The van der Waals surface area contributed by atoms with Gasteiger partial charge in [0.05, 0.1) is 6.54 Å². The molecule has 0 amide bonds. The summed E-state index contributed by atoms with van der Waals surface area (Å²) >= 11 is 11.5. The van der Waals surface area contributed by atoms with Gasteiger partial charge < -0.3 is 10.2 Å². The standard InChI is InChI=1S/C22H23ClFN5S/c23-19-5-1-18(2-6-19)16-29-10-9-21(26-29)25-22(30)28-13-11-27(12-14-28)15-17-3-7-20(24)8-4-17/h1-10H,11-16H2,(H,25,26,30). The zero-order chi connectivity index (χ0) is 20.9. The van der Waals surface area contributed by atoms with Gasteiger partial charge in [0, 0.05) is 50.0 Å². The molecule has 30 heavy (non-hydrogen) atoms. The average Bonchev–Trinajstić information content (AvgIpc) is 3.18. The molecule has 5 nitrogen and oxygen atoms in total. The Morgan fingerprint density at radius 1 is 0.933 bits per heavy atom. The molecule has 0 atom stereocenters. The summed E-state index contributed by atoms with van der Waals surface area (Å²) in [5.41, 5.74) is 2.26. The van der Waals surface area contributed by atoms with E-state index in [0.717, 1.165) is 54.7 Å². The molecule has 3 aromatic rings. The van der Waals surface area contributed by atoms with Crippen molar-refractivity contribution in [1.29, 1.82) is 0 Å². The minimum absolute atomic E-state index is 0.199. The first-order chi connectivity index (χ1) is 14.5. The Labute approximate surface area is 186 Å². The van der Waals surface area contributed by atoms with E-state index < -0.39 is 0 Å². The van der Waals surface area contributed by atoms with E-state index in [0.29, 0.717) is 11.7 Å². The minimum Gasteiger partial charge on any atom is -0.346 e. The molecule has 1 aliphatic heterocycles. The second kappa shape index (κ2) is 9.55. The Balaban J connectivity index is 1.25. The molecule has 1 aliphatic rings. The Bertz CT molecular complexity index is 982. The normalized spacial score (nSPS) is 14.7. The van der Waals surface area contributed by atoms with Gasteiger partial charge in [-0.3, -0.25) is 9.58 Å². The van der Waals surface area contributed by atoms with Gasteiger partial charge in [0.25, 0.3) is 0 Å². The Morgan fingerprint density at radius 2 is 1.57 bits per heavy atom. The van der Waals surface area contributed by atoms with Gasteiger partial charge in [0.1, 0.15) is 5.82 Å². The van der Waals surface area contributed by atoms with Gasteiger partial charge in [0.2, 0.25) is 0 Å². The highest BCUT2D eigenvalue weighted by Crippen LogP contribution is 2.13. The first-order valence-corrected chi connectivity index (χ1v) is 10.6. The lowest BCUT2D eigenvalue weighted by molar-refractivity contribution is 0.177. The van der Waals surface area contributed by atoms with Crippen molar-refractivity contribution < 1.29 is 4.39 Å². The third kappa shape index (κ3) is 5.56. The fourth-order valence-corrected chi connectivity index (χ4v) is 3.85. The molecule has 0 radical (unpaired) electrons. The number of rotatable bonds is 5. The number of anilines is 1. The average molecular weight is 444 g/mol. The van der Waals surface area contributed by atoms with Gasteiger partial charge in [-0.1, -0.05) is 35.9 Å². The highest BCUT2D eigenvalue weighted by atomic mass is 35.5. The first kappa shape index (κ1) is 20.8. The Hall–Kier alpha value is -2.48. The molecule has 4 rings (SSSR count). The van der Waals surface area contributed by atoms with E-state index in [4.69, 9.17) is 23.8 Å². The molecule has 1 N–H and O–H groups in total. The first-order valence-electron chi connectivity index (χ1n) is 9.86. The lowest BCUT2D eigenvalue weighted by Gasteiger charge is -2.36. The maximum absolute atomic E-state index is 13.1. The van der Waals surface area contributed by atoms with E-state index in [9.17, 15) is 4.39 Å². The molecule has 2 aromatic carbocycles. The molecule has 0 bridgehead atoms. The van der Waals surface area contributed by atoms with Gasteiger partial charge in [-0.15, -0.1) is 0 Å². The summed E-state index contributed by atoms with van der Waals surface area (Å²) in [5, 5.41) is 9.21. The van der Waals surface area contributed by atoms with Crippen molar-refractivity contribution in [2.45, 2.75) is 13.1 Å². The number of halogens is 2. The van der Waals surface area contributed by atoms with Crippen molar-refractivity contribution in [3.8, 4) is 0 Å². The van der Waals surface area contributed by atoms with E-state index in [1.165, 1.54) is 12.1 Å². The molecule has 8 heteroatoms. The van der Waals surface area contributed by atoms with Crippen LogP contribution in [0, 0.1) is 5.82 Å². The second-order valence-corrected chi connectivity index (χ2v) is 8.17. The van der Waals surface area contributed by atoms with E-state index in [1.807, 2.05) is 53.3 Å². The number of nitrogens with zero attached hydrogens (tertiary/aromatic N) is 4. The summed E-state index contributed by atoms with van der Waals surface area (Å²) in [4.78, 5) is 4.52. The number of thiocarbonyl (C=S) groups is 1. The highest BCUT2D eigenvalue weighted by molar-refractivity contribution is 7.80. The summed E-state index contributed by atoms with van der Waals surface area (Å²) in [6.45, 7) is 5.00. The van der Waals surface area contributed by atoms with Crippen LogP contribution in [-0.4, -0.2) is 50.9 Å². The minimum atomic E-state index is -0.199. The summed E-state index contributed by atoms with van der Waals surface area (Å²) in [6.07, 6.45) is 1.93. The molecule has 1 saturated heterocycles. The smallest absolute Gasteiger partial charge is 0.174 e. The monoisotopic (exact) mass is 443 g/mol. The van der Waals surface area contributed by atoms with Crippen LogP contribution in [0.4, 0.5) is 10.2 Å². The fraction of sp³-hybridized carbons (Fsp3) is 0.273. The van der Waals surface area contributed by atoms with Crippen LogP contribution in [0.25, 0.3) is 0 Å². The SMILES string of the molecule is Fc1ccc(CN2CCN(C(=S)Nc3ccn(Cc4ccc(Cl)cc4)n3)CC2)cc1. The number of aromatic nitrogens is 2. The molecule has 2 heterocycles. The molecule has 0 unspecified atom stereocenters. The van der Waals surface area contributed by atoms with Gasteiger partial charge in [-0.2, -0.15) is 5.10 Å². The molecule has 0 saturated carbocycles. The number of piperazine rings is 1. The summed E-state index contributed by atoms with van der Waals surface area (Å²) < 4.78 is 14.9. The Kier molecular flexibility index (Phi) is 6.62. The highest BCUT2D eigenvalue weighted by Gasteiger charge is 2.19. The Morgan fingerprint density at radius 3 is 2.27 bits per heavy atom. The maximum Gasteiger partial charge on any atom is 0.174 e. The quantitative estimate of drug-likeness (QED) is 0.597. The lowest BCUT2D eigenvalue weighted by Crippen LogP contribution is -2.49. The van der Waals surface area contributed by atoms with Gasteiger partial charge in [-0.05, 0) is 47.6 Å².